The van der Waals surface area contributed by atoms with Crippen LogP contribution in [0.15, 0.2) is 0 Å². The molecular formula is C4HI9O3S. The van der Waals surface area contributed by atoms with Gasteiger partial charge in [0.1, 0.15) is 2.29 Å². The van der Waals surface area contributed by atoms with Gasteiger partial charge in [-0.1, -0.05) is 158 Å². The minimum absolute atomic E-state index is 0.212. The highest BCUT2D eigenvalue weighted by molar-refractivity contribution is 14.3. The minimum Gasteiger partial charge on any atom is -0.284 e. The van der Waals surface area contributed by atoms with Crippen molar-refractivity contribution in [1.82, 2.24) is 0 Å². The van der Waals surface area contributed by atoms with Gasteiger partial charge >= 0.3 is 0 Å². The van der Waals surface area contributed by atoms with E-state index >= 15 is 0 Å². The molecule has 0 aromatic carbocycles. The van der Waals surface area contributed by atoms with E-state index in [2.05, 4.69) is 158 Å². The van der Waals surface area contributed by atoms with Crippen LogP contribution in [0.2, 0.25) is 0 Å². The maximum atomic E-state index is 11.6. The molecule has 17 heavy (non-hydrogen) atoms. The molecule has 0 aromatic heterocycles. The highest BCUT2D eigenvalue weighted by atomic mass is 127. The van der Waals surface area contributed by atoms with E-state index in [-0.39, 0.29) is -0.565 Å². The molecule has 13 heteroatoms. The van der Waals surface area contributed by atoms with Gasteiger partial charge in [0.25, 0.3) is 10.1 Å². The van der Waals surface area contributed by atoms with Crippen molar-refractivity contribution >= 4 is 213 Å². The quantitative estimate of drug-likeness (QED) is 0.199. The smallest absolute Gasteiger partial charge is 0.284 e. The number of hydrogen-bond donors (Lipinski definition) is 1. The number of halogens is 9. The van der Waals surface area contributed by atoms with Gasteiger partial charge in [0.05, 0.1) is 0 Å². The Kier molecular flexibility index (Phi) is 10.8. The van der Waals surface area contributed by atoms with Crippen LogP contribution in [0.5, 0.6) is 0 Å². The van der Waals surface area contributed by atoms with E-state index in [1.54, 1.807) is 45.2 Å². The second-order valence-corrected chi connectivity index (χ2v) is 32.6. The fourth-order valence-electron chi connectivity index (χ4n) is 0.523. The summed E-state index contributed by atoms with van der Waals surface area (Å²) in [6, 6.07) is 0. The molecule has 0 heterocycles. The molecule has 3 nitrogen and oxygen atoms in total. The Morgan fingerprint density at radius 3 is 1.18 bits per heavy atom. The largest absolute Gasteiger partial charge is 0.291 e. The summed E-state index contributed by atoms with van der Waals surface area (Å²) in [5.74, 6) is 0. The van der Waals surface area contributed by atoms with Crippen LogP contribution >= 0.6 is 203 Å². The van der Waals surface area contributed by atoms with Crippen molar-refractivity contribution in [3.8, 4) is 0 Å². The van der Waals surface area contributed by atoms with Gasteiger partial charge in [-0.2, -0.15) is 8.42 Å². The van der Waals surface area contributed by atoms with E-state index < -0.39 is 13.7 Å². The van der Waals surface area contributed by atoms with E-state index in [9.17, 15) is 13.0 Å². The van der Waals surface area contributed by atoms with Gasteiger partial charge in [-0.3, -0.25) is 4.55 Å². The number of rotatable bonds is 4. The standard InChI is InChI=1S/C4HI9O3S/c5-1(6,3(9,10)11)2(7,8)4(12,13)17(14,15)16/h(H,14,15,16). The molecule has 0 saturated heterocycles. The summed E-state index contributed by atoms with van der Waals surface area (Å²) in [6.07, 6.45) is 0. The maximum absolute atomic E-state index is 11.6. The van der Waals surface area contributed by atoms with Gasteiger partial charge in [0.2, 0.25) is 0.760 Å². The second-order valence-electron chi connectivity index (χ2n) is 2.64. The Bertz CT molecular complexity index is 393. The second kappa shape index (κ2) is 7.79. The third-order valence-corrected chi connectivity index (χ3v) is 31.4. The number of hydrogen-bond acceptors (Lipinski definition) is 2. The van der Waals surface area contributed by atoms with Crippen molar-refractivity contribution in [3.63, 3.8) is 0 Å². The summed E-state index contributed by atoms with van der Waals surface area (Å²) in [4.78, 5) is 0. The average Bonchev–Trinajstić information content (AvgIpc) is 1.98. The van der Waals surface area contributed by atoms with Crippen LogP contribution in [0.4, 0.5) is 0 Å². The molecule has 0 bridgehead atoms. The Balaban J connectivity index is 5.91. The molecule has 0 aliphatic heterocycles. The molecule has 0 aliphatic rings. The maximum Gasteiger partial charge on any atom is 0.291 e. The van der Waals surface area contributed by atoms with Gasteiger partial charge in [-0.15, -0.1) is 0 Å². The molecule has 0 atom stereocenters. The van der Waals surface area contributed by atoms with Crippen molar-refractivity contribution in [2.45, 2.75) is 3.05 Å². The van der Waals surface area contributed by atoms with Crippen molar-refractivity contribution in [3.05, 3.63) is 0 Å². The Morgan fingerprint density at radius 1 is 0.706 bits per heavy atom. The summed E-state index contributed by atoms with van der Waals surface area (Å²) in [7, 11) is -4.16. The van der Waals surface area contributed by atoms with Crippen molar-refractivity contribution in [2.24, 2.45) is 0 Å². The lowest BCUT2D eigenvalue weighted by Crippen LogP contribution is -2.55. The SMILES string of the molecule is O=S(=O)(O)C(I)(I)C(I)(I)C(I)(I)C(I)(I)I. The van der Waals surface area contributed by atoms with E-state index in [0.29, 0.717) is 0 Å². The van der Waals surface area contributed by atoms with Crippen molar-refractivity contribution in [1.29, 1.82) is 0 Å². The van der Waals surface area contributed by atoms with Crippen LogP contribution in [-0.4, -0.2) is 16.0 Å². The van der Waals surface area contributed by atoms with Crippen LogP contribution in [0, 0.1) is 0 Å². The molecule has 0 amide bonds. The first-order chi connectivity index (χ1) is 7.00. The highest BCUT2D eigenvalue weighted by Gasteiger charge is 2.68. The van der Waals surface area contributed by atoms with Crippen LogP contribution in [0.1, 0.15) is 0 Å². The van der Waals surface area contributed by atoms with E-state index in [1.165, 1.54) is 0 Å². The van der Waals surface area contributed by atoms with Crippen LogP contribution in [-0.2, 0) is 10.1 Å². The average molecular weight is 1270 g/mol. The van der Waals surface area contributed by atoms with Gasteiger partial charge in [0, 0.05) is 0 Å². The fraction of sp³-hybridized carbons (Fsp3) is 1.00. The van der Waals surface area contributed by atoms with Crippen LogP contribution in [0.25, 0.3) is 0 Å². The van der Waals surface area contributed by atoms with Gasteiger partial charge in [0.15, 0.2) is 0 Å². The Hall–Kier alpha value is 6.48. The monoisotopic (exact) mass is 1270 g/mol. The fourth-order valence-corrected chi connectivity index (χ4v) is 11.8. The van der Waals surface area contributed by atoms with Crippen LogP contribution < -0.4 is 0 Å². The normalized spacial score (nSPS) is 16.1. The Morgan fingerprint density at radius 2 is 1.00 bits per heavy atom. The summed E-state index contributed by atoms with van der Waals surface area (Å²) in [5, 5.41) is 0. The predicted molar refractivity (Wildman–Crippen MR) is 149 cm³/mol. The summed E-state index contributed by atoms with van der Waals surface area (Å²) < 4.78 is 30.0. The molecule has 0 radical (unpaired) electrons. The molecule has 0 fully saturated rings. The molecule has 0 rings (SSSR count). The highest BCUT2D eigenvalue weighted by Crippen LogP contribution is 2.70. The number of alkyl halides is 9. The zero-order chi connectivity index (χ0) is 14.5. The summed E-state index contributed by atoms with van der Waals surface area (Å²) in [5.41, 5.74) is 0. The third kappa shape index (κ3) is 5.23. The minimum atomic E-state index is -4.16. The Labute approximate surface area is 223 Å². The molecule has 104 valence electrons. The molecular weight excluding hydrogens is 1270 g/mol. The first-order valence-corrected chi connectivity index (χ1v) is 14.3. The zero-order valence-corrected chi connectivity index (χ0v) is 27.3. The van der Waals surface area contributed by atoms with Crippen molar-refractivity contribution < 1.29 is 13.0 Å². The van der Waals surface area contributed by atoms with Gasteiger partial charge < -0.3 is 0 Å². The molecule has 0 aromatic rings. The predicted octanol–water partition coefficient (Wildman–Crippen LogP) is 6.49. The zero-order valence-electron chi connectivity index (χ0n) is 7.07. The van der Waals surface area contributed by atoms with Crippen LogP contribution in [0.3, 0.4) is 0 Å². The first kappa shape index (κ1) is 23.5. The molecule has 0 spiro atoms. The third-order valence-electron chi connectivity index (χ3n) is 1.44. The van der Waals surface area contributed by atoms with Crippen molar-refractivity contribution in [2.75, 3.05) is 0 Å². The lowest BCUT2D eigenvalue weighted by molar-refractivity contribution is 0.478. The lowest BCUT2D eigenvalue weighted by Gasteiger charge is -2.45. The van der Waals surface area contributed by atoms with E-state index in [0.717, 1.165) is 0 Å². The molecule has 0 unspecified atom stereocenters. The first-order valence-electron chi connectivity index (χ1n) is 3.17. The van der Waals surface area contributed by atoms with Gasteiger partial charge in [-0.05, 0) is 45.2 Å². The summed E-state index contributed by atoms with van der Waals surface area (Å²) in [6.45, 7) is 0. The summed E-state index contributed by atoms with van der Waals surface area (Å²) >= 11 is 19.2. The van der Waals surface area contributed by atoms with E-state index in [4.69, 9.17) is 0 Å². The van der Waals surface area contributed by atoms with Gasteiger partial charge in [-0.25, -0.2) is 0 Å². The lowest BCUT2D eigenvalue weighted by atomic mass is 10.4. The molecule has 0 aliphatic carbocycles. The molecule has 1 N–H and O–H groups in total. The van der Waals surface area contributed by atoms with E-state index in [1.807, 2.05) is 0 Å². The molecule has 0 saturated carbocycles. The topological polar surface area (TPSA) is 54.4 Å².